The van der Waals surface area contributed by atoms with Gasteiger partial charge in [-0.3, -0.25) is 62.9 Å². The van der Waals surface area contributed by atoms with E-state index < -0.39 is 59.6 Å². The summed E-state index contributed by atoms with van der Waals surface area (Å²) in [5.41, 5.74) is 0.824. The normalized spacial score (nSPS) is 16.9. The van der Waals surface area contributed by atoms with Gasteiger partial charge in [0.15, 0.2) is 0 Å². The molecule has 0 bridgehead atoms. The van der Waals surface area contributed by atoms with E-state index in [4.69, 9.17) is 4.74 Å². The predicted molar refractivity (Wildman–Crippen MR) is 249 cm³/mol. The molecule has 2 aliphatic heterocycles. The first-order valence-electron chi connectivity index (χ1n) is 23.1. The zero-order chi connectivity index (χ0) is 51.3. The summed E-state index contributed by atoms with van der Waals surface area (Å²) in [7, 11) is 0. The predicted octanol–water partition coefficient (Wildman–Crippen LogP) is -1.32. The van der Waals surface area contributed by atoms with Gasteiger partial charge in [-0.1, -0.05) is 0 Å². The molecular weight excluding hydrogens is 932 g/mol. The number of nitriles is 1. The molecule has 25 heteroatoms. The van der Waals surface area contributed by atoms with Crippen molar-refractivity contribution >= 4 is 58.3 Å². The number of carboxylic acids is 3. The van der Waals surface area contributed by atoms with E-state index in [9.17, 15) is 63.3 Å². The fourth-order valence-electron chi connectivity index (χ4n) is 8.00. The second-order valence-electron chi connectivity index (χ2n) is 16.9. The van der Waals surface area contributed by atoms with E-state index in [1.165, 1.54) is 23.2 Å². The first kappa shape index (κ1) is 54.5. The van der Waals surface area contributed by atoms with E-state index in [0.717, 1.165) is 12.3 Å². The van der Waals surface area contributed by atoms with Gasteiger partial charge in [0.1, 0.15) is 17.8 Å². The van der Waals surface area contributed by atoms with E-state index in [-0.39, 0.29) is 128 Å². The van der Waals surface area contributed by atoms with Crippen molar-refractivity contribution in [1.29, 1.82) is 5.26 Å². The van der Waals surface area contributed by atoms with Crippen LogP contribution in [0.2, 0.25) is 0 Å². The topological polar surface area (TPSA) is 320 Å². The molecule has 1 unspecified atom stereocenters. The summed E-state index contributed by atoms with van der Waals surface area (Å²) in [6.45, 7) is 0.356. The number of aromatic nitrogens is 2. The molecule has 24 nitrogen and oxygen atoms in total. The summed E-state index contributed by atoms with van der Waals surface area (Å²) < 4.78 is 19.3. The molecule has 5 amide bonds. The van der Waals surface area contributed by atoms with Crippen molar-refractivity contribution < 1.29 is 62.8 Å². The molecular formula is C46H59FN12O12. The fraction of sp³-hybridized carbons (Fsp3) is 0.500. The minimum absolute atomic E-state index is 0.0670. The Kier molecular flexibility index (Phi) is 21.3. The highest BCUT2D eigenvalue weighted by molar-refractivity contribution is 6.07. The molecule has 0 aliphatic carbocycles. The van der Waals surface area contributed by atoms with Gasteiger partial charge in [-0.25, -0.2) is 4.98 Å². The smallest absolute Gasteiger partial charge is 0.317 e. The zero-order valence-corrected chi connectivity index (χ0v) is 39.1. The number of amides is 5. The molecule has 2 atom stereocenters. The first-order valence-corrected chi connectivity index (χ1v) is 23.1. The van der Waals surface area contributed by atoms with Gasteiger partial charge in [-0.15, -0.1) is 0 Å². The second kappa shape index (κ2) is 27.7. The van der Waals surface area contributed by atoms with Crippen LogP contribution in [0.25, 0.3) is 10.9 Å². The molecule has 71 heavy (non-hydrogen) atoms. The molecule has 1 aromatic carbocycles. The van der Waals surface area contributed by atoms with Crippen LogP contribution in [0.1, 0.15) is 46.4 Å². The SMILES string of the molecule is N#C[C@@H]1CCCN1C(=O)CNC(=O)c1ccnc2ccc(OCCCNC(=O)C(CCNC(=O)c3ccc(F)nc3)NC(=O)CN3CCN(CC(=O)O)CCN(CC(=O)O)CCN(CC(=O)O)CC3)cc12. The highest BCUT2D eigenvalue weighted by atomic mass is 19.1. The van der Waals surface area contributed by atoms with Crippen molar-refractivity contribution in [3.63, 3.8) is 0 Å². The number of halogens is 1. The van der Waals surface area contributed by atoms with Crippen molar-refractivity contribution in [2.75, 3.05) is 111 Å². The number of hydrogen-bond acceptors (Lipinski definition) is 16. The molecule has 7 N–H and O–H groups in total. The van der Waals surface area contributed by atoms with E-state index in [0.29, 0.717) is 42.5 Å². The minimum atomic E-state index is -1.18. The average molecular weight is 991 g/mol. The standard InChI is InChI=1S/C46H59FN12O12/c47-38-7-4-31(25-52-38)44(68)51-12-9-37(54-39(60)27-55-14-16-56(28-41(62)63)18-20-58(30-43(66)67)21-19-57(17-15-55)29-42(64)65)46(70)50-10-2-22-71-33-5-6-36-35(23-33)34(8-11-49-36)45(69)53-26-40(61)59-13-1-3-32(59)24-48/h4-8,11,23,25,32,37H,1-3,9-10,12-22,26-30H2,(H,50,70)(H,51,68)(H,53,69)(H,54,60)(H,62,63)(H,64,65)(H,66,67)/t32-,37?/m0/s1. The summed E-state index contributed by atoms with van der Waals surface area (Å²) in [4.78, 5) is 117. The number of pyridine rings is 2. The molecule has 382 valence electrons. The van der Waals surface area contributed by atoms with Gasteiger partial charge < -0.3 is 46.2 Å². The van der Waals surface area contributed by atoms with Crippen LogP contribution < -0.4 is 26.0 Å². The highest BCUT2D eigenvalue weighted by Crippen LogP contribution is 2.23. The lowest BCUT2D eigenvalue weighted by Crippen LogP contribution is -2.53. The maximum absolute atomic E-state index is 13.7. The average Bonchev–Trinajstić information content (AvgIpc) is 3.82. The number of rotatable bonds is 22. The number of ether oxygens (including phenoxy) is 1. The van der Waals surface area contributed by atoms with Crippen LogP contribution in [0.4, 0.5) is 4.39 Å². The van der Waals surface area contributed by atoms with E-state index >= 15 is 0 Å². The van der Waals surface area contributed by atoms with E-state index in [1.807, 2.05) is 0 Å². The Hall–Kier alpha value is -7.40. The number of carbonyl (C=O) groups is 8. The number of carbonyl (C=O) groups excluding carboxylic acids is 5. The fourth-order valence-corrected chi connectivity index (χ4v) is 8.00. The minimum Gasteiger partial charge on any atom is -0.494 e. The maximum atomic E-state index is 13.7. The molecule has 2 aromatic heterocycles. The van der Waals surface area contributed by atoms with Crippen molar-refractivity contribution in [2.24, 2.45) is 0 Å². The number of nitrogens with one attached hydrogen (secondary N) is 4. The second-order valence-corrected chi connectivity index (χ2v) is 16.9. The summed E-state index contributed by atoms with van der Waals surface area (Å²) in [6.07, 6.45) is 4.04. The lowest BCUT2D eigenvalue weighted by molar-refractivity contribution is -0.140. The van der Waals surface area contributed by atoms with E-state index in [2.05, 4.69) is 37.3 Å². The lowest BCUT2D eigenvalue weighted by Gasteiger charge is -2.33. The Balaban J connectivity index is 1.20. The summed E-state index contributed by atoms with van der Waals surface area (Å²) in [5.74, 6) is -6.33. The number of carboxylic acid groups (broad SMARTS) is 3. The Bertz CT molecular complexity index is 2370. The van der Waals surface area contributed by atoms with Crippen LogP contribution >= 0.6 is 0 Å². The molecule has 2 aliphatic rings. The van der Waals surface area contributed by atoms with Gasteiger partial charge in [-0.2, -0.15) is 9.65 Å². The third-order valence-electron chi connectivity index (χ3n) is 11.7. The third-order valence-corrected chi connectivity index (χ3v) is 11.7. The lowest BCUT2D eigenvalue weighted by atomic mass is 10.1. The monoisotopic (exact) mass is 990 g/mol. The molecule has 4 heterocycles. The van der Waals surface area contributed by atoms with Crippen LogP contribution in [0.5, 0.6) is 5.75 Å². The number of aliphatic carboxylic acids is 3. The Morgan fingerprint density at radius 2 is 1.37 bits per heavy atom. The summed E-state index contributed by atoms with van der Waals surface area (Å²) in [6, 6.07) is 9.16. The van der Waals surface area contributed by atoms with Crippen LogP contribution in [0.3, 0.4) is 0 Å². The van der Waals surface area contributed by atoms with Crippen LogP contribution in [0, 0.1) is 17.3 Å². The van der Waals surface area contributed by atoms with Gasteiger partial charge in [-0.05, 0) is 62.1 Å². The van der Waals surface area contributed by atoms with Gasteiger partial charge in [0.05, 0.1) is 62.0 Å². The highest BCUT2D eigenvalue weighted by Gasteiger charge is 2.29. The van der Waals surface area contributed by atoms with E-state index in [1.54, 1.807) is 37.8 Å². The molecule has 0 radical (unpaired) electrons. The Labute approximate surface area is 408 Å². The molecule has 0 spiro atoms. The Morgan fingerprint density at radius 1 is 0.746 bits per heavy atom. The number of likely N-dealkylation sites (tertiary alicyclic amines) is 1. The number of benzene rings is 1. The zero-order valence-electron chi connectivity index (χ0n) is 39.1. The molecule has 5 rings (SSSR count). The van der Waals surface area contributed by atoms with Crippen LogP contribution in [-0.2, 0) is 28.8 Å². The quantitative estimate of drug-likeness (QED) is 0.0453. The molecule has 2 saturated heterocycles. The van der Waals surface area contributed by atoms with Crippen molar-refractivity contribution in [1.82, 2.24) is 55.7 Å². The van der Waals surface area contributed by atoms with Crippen LogP contribution in [-0.4, -0.2) is 221 Å². The number of nitrogens with zero attached hydrogens (tertiary/aromatic N) is 8. The van der Waals surface area contributed by atoms with Gasteiger partial charge >= 0.3 is 17.9 Å². The largest absolute Gasteiger partial charge is 0.494 e. The molecule has 0 saturated carbocycles. The molecule has 2 fully saturated rings. The van der Waals surface area contributed by atoms with Crippen molar-refractivity contribution in [2.45, 2.75) is 37.8 Å². The van der Waals surface area contributed by atoms with Gasteiger partial charge in [0, 0.05) is 89.8 Å². The summed E-state index contributed by atoms with van der Waals surface area (Å²) in [5, 5.41) is 49.2. The summed E-state index contributed by atoms with van der Waals surface area (Å²) >= 11 is 0. The van der Waals surface area contributed by atoms with Gasteiger partial charge in [0.25, 0.3) is 11.8 Å². The molecule has 3 aromatic rings. The Morgan fingerprint density at radius 3 is 1.94 bits per heavy atom. The maximum Gasteiger partial charge on any atom is 0.317 e. The van der Waals surface area contributed by atoms with Crippen molar-refractivity contribution in [3.05, 3.63) is 65.9 Å². The van der Waals surface area contributed by atoms with Crippen LogP contribution in [0.15, 0.2) is 48.8 Å². The number of fused-ring (bicyclic) bond motifs is 1. The first-order chi connectivity index (χ1) is 34.1. The number of hydrogen-bond donors (Lipinski definition) is 7. The van der Waals surface area contributed by atoms with Gasteiger partial charge in [0.2, 0.25) is 23.7 Å². The third kappa shape index (κ3) is 18.1. The van der Waals surface area contributed by atoms with Crippen molar-refractivity contribution in [3.8, 4) is 11.8 Å².